The first-order valence-corrected chi connectivity index (χ1v) is 22.0. The highest BCUT2D eigenvalue weighted by atomic mass is 16.4. The number of aromatic amines is 1. The van der Waals surface area contributed by atoms with Crippen LogP contribution in [0, 0.1) is 17.2 Å². The van der Waals surface area contributed by atoms with E-state index in [1.165, 1.54) is 23.4 Å². The first-order valence-electron chi connectivity index (χ1n) is 22.0. The van der Waals surface area contributed by atoms with Crippen molar-refractivity contribution in [3.63, 3.8) is 0 Å². The fourth-order valence-corrected chi connectivity index (χ4v) is 7.49. The maximum absolute atomic E-state index is 14.4. The smallest absolute Gasteiger partial charge is 0.326 e. The van der Waals surface area contributed by atoms with E-state index in [0.29, 0.717) is 36.2 Å². The molecule has 2 heterocycles. The first-order chi connectivity index (χ1) is 31.3. The number of phenols is 1. The van der Waals surface area contributed by atoms with Gasteiger partial charge in [0.25, 0.3) is 0 Å². The van der Waals surface area contributed by atoms with Crippen LogP contribution in [0.1, 0.15) is 70.2 Å². The number of aliphatic carboxylic acids is 1. The lowest BCUT2D eigenvalue weighted by Crippen LogP contribution is -2.61. The summed E-state index contributed by atoms with van der Waals surface area (Å²) in [6.07, 6.45) is 4.15. The average Bonchev–Trinajstić information content (AvgIpc) is 3.99. The van der Waals surface area contributed by atoms with Gasteiger partial charge >= 0.3 is 5.97 Å². The van der Waals surface area contributed by atoms with Crippen LogP contribution in [0.15, 0.2) is 67.1 Å². The van der Waals surface area contributed by atoms with Gasteiger partial charge in [-0.25, -0.2) is 9.78 Å². The summed E-state index contributed by atoms with van der Waals surface area (Å²) in [5, 5.41) is 43.3. The van der Waals surface area contributed by atoms with E-state index in [0.717, 1.165) is 0 Å². The molecule has 4 rings (SSSR count). The van der Waals surface area contributed by atoms with E-state index in [4.69, 9.17) is 16.9 Å². The lowest BCUT2D eigenvalue weighted by Gasteiger charge is -2.31. The van der Waals surface area contributed by atoms with Gasteiger partial charge in [-0.05, 0) is 60.8 Å². The van der Waals surface area contributed by atoms with Gasteiger partial charge < -0.3 is 63.5 Å². The number of aromatic nitrogens is 2. The van der Waals surface area contributed by atoms with Crippen LogP contribution in [0.25, 0.3) is 0 Å². The number of nitrogens with zero attached hydrogens (tertiary/aromatic N) is 2. The molecule has 21 heteroatoms. The maximum atomic E-state index is 14.4. The molecule has 1 saturated heterocycles. The van der Waals surface area contributed by atoms with Gasteiger partial charge in [-0.1, -0.05) is 70.2 Å². The number of benzene rings is 2. The molecule has 7 atom stereocenters. The number of phenolic OH excluding ortho intramolecular Hbond substituents is 1. The molecule has 358 valence electrons. The second-order valence-corrected chi connectivity index (χ2v) is 17.1. The van der Waals surface area contributed by atoms with E-state index in [2.05, 4.69) is 41.9 Å². The van der Waals surface area contributed by atoms with E-state index >= 15 is 0 Å². The molecule has 0 radical (unpaired) electrons. The molecular formula is C45H64N12O9. The number of nitrogens with one attached hydrogen (secondary N) is 8. The number of aromatic hydroxyl groups is 1. The molecule has 0 saturated carbocycles. The number of carboxylic acid groups (broad SMARTS) is 1. The van der Waals surface area contributed by atoms with Crippen molar-refractivity contribution in [3.8, 4) is 5.75 Å². The van der Waals surface area contributed by atoms with Crippen molar-refractivity contribution in [2.45, 2.75) is 115 Å². The maximum Gasteiger partial charge on any atom is 0.326 e. The molecule has 14 N–H and O–H groups in total. The Hall–Kier alpha value is -7.03. The highest BCUT2D eigenvalue weighted by molar-refractivity contribution is 5.97. The van der Waals surface area contributed by atoms with Crippen molar-refractivity contribution in [1.29, 1.82) is 5.41 Å². The molecule has 1 fully saturated rings. The summed E-state index contributed by atoms with van der Waals surface area (Å²) < 4.78 is 0. The second-order valence-electron chi connectivity index (χ2n) is 17.1. The van der Waals surface area contributed by atoms with Gasteiger partial charge in [0.05, 0.1) is 18.1 Å². The Balaban J connectivity index is 1.53. The first kappa shape index (κ1) is 51.6. The molecule has 1 aromatic heterocycles. The fourth-order valence-electron chi connectivity index (χ4n) is 7.49. The van der Waals surface area contributed by atoms with Crippen molar-refractivity contribution in [3.05, 3.63) is 83.9 Å². The van der Waals surface area contributed by atoms with E-state index in [-0.39, 0.29) is 50.4 Å². The number of carbonyl (C=O) groups is 7. The van der Waals surface area contributed by atoms with E-state index in [9.17, 15) is 43.8 Å². The van der Waals surface area contributed by atoms with E-state index in [1.807, 2.05) is 0 Å². The van der Waals surface area contributed by atoms with E-state index < -0.39 is 95.5 Å². The third-order valence-electron chi connectivity index (χ3n) is 11.2. The van der Waals surface area contributed by atoms with Crippen LogP contribution in [0.3, 0.4) is 0 Å². The molecule has 6 amide bonds. The molecule has 21 nitrogen and oxygen atoms in total. The summed E-state index contributed by atoms with van der Waals surface area (Å²) in [5.41, 5.74) is 13.1. The van der Waals surface area contributed by atoms with Crippen molar-refractivity contribution in [2.24, 2.45) is 23.3 Å². The number of imidazole rings is 1. The van der Waals surface area contributed by atoms with Crippen molar-refractivity contribution < 1.29 is 43.8 Å². The summed E-state index contributed by atoms with van der Waals surface area (Å²) in [5.74, 6) is -6.55. The molecule has 0 unspecified atom stereocenters. The zero-order chi connectivity index (χ0) is 48.5. The number of hydrogen-bond donors (Lipinski definition) is 12. The molecule has 1 aliphatic rings. The number of guanidine groups is 1. The summed E-state index contributed by atoms with van der Waals surface area (Å²) in [6.45, 7) is 7.25. The summed E-state index contributed by atoms with van der Waals surface area (Å²) >= 11 is 0. The van der Waals surface area contributed by atoms with E-state index in [1.54, 1.807) is 76.4 Å². The number of H-pyrrole nitrogens is 1. The molecule has 3 aromatic rings. The Morgan fingerprint density at radius 3 is 1.95 bits per heavy atom. The molecule has 0 bridgehead atoms. The van der Waals surface area contributed by atoms with Gasteiger partial charge in [-0.15, -0.1) is 0 Å². The van der Waals surface area contributed by atoms with Gasteiger partial charge in [0.2, 0.25) is 35.4 Å². The van der Waals surface area contributed by atoms with Gasteiger partial charge in [0.1, 0.15) is 42.0 Å². The summed E-state index contributed by atoms with van der Waals surface area (Å²) in [4.78, 5) is 104. The standard InChI is InChI=1S/C45H64N12O9/c1-25(2)36(55-38(59)31(46)12-8-18-50-45(47)48)41(62)52-32(20-28-14-16-30(58)17-15-28)39(60)56-37(26(3)4)42(63)53-33(22-29-23-49-24-51-29)43(64)57-19-9-13-35(57)40(61)54-34(44(65)66)21-27-10-6-5-7-11-27/h5-7,10-11,14-17,23-26,31-37,58H,8-9,12-13,18-22,46H2,1-4H3,(H,49,51)(H,52,62)(H,53,63)(H,54,61)(H,55,59)(H,56,60)(H,65,66)(H4,47,48,50)/t31-,32-,33-,34-,35-,36-,37-/m0/s1. The van der Waals surface area contributed by atoms with Crippen LogP contribution >= 0.6 is 0 Å². The highest BCUT2D eigenvalue weighted by Gasteiger charge is 2.40. The minimum Gasteiger partial charge on any atom is -0.508 e. The minimum absolute atomic E-state index is 0.0226. The molecule has 66 heavy (non-hydrogen) atoms. The Morgan fingerprint density at radius 1 is 0.788 bits per heavy atom. The van der Waals surface area contributed by atoms with Gasteiger partial charge in [-0.2, -0.15) is 0 Å². The molecule has 1 aliphatic heterocycles. The number of hydrogen-bond acceptors (Lipinski definition) is 11. The summed E-state index contributed by atoms with van der Waals surface area (Å²) in [6, 6.07) is 6.56. The Morgan fingerprint density at radius 2 is 1.38 bits per heavy atom. The number of likely N-dealkylation sites (tertiary alicyclic amines) is 1. The van der Waals surface area contributed by atoms with Gasteiger partial charge in [0, 0.05) is 38.5 Å². The van der Waals surface area contributed by atoms with Crippen LogP contribution in [0.5, 0.6) is 5.75 Å². The van der Waals surface area contributed by atoms with Crippen LogP contribution in [0.2, 0.25) is 0 Å². The number of amides is 6. The zero-order valence-electron chi connectivity index (χ0n) is 37.7. The number of carboxylic acids is 1. The van der Waals surface area contributed by atoms with Crippen molar-refractivity contribution >= 4 is 47.4 Å². The lowest BCUT2D eigenvalue weighted by molar-refractivity contribution is -0.145. The molecule has 2 aromatic carbocycles. The van der Waals surface area contributed by atoms with Crippen LogP contribution in [0.4, 0.5) is 0 Å². The third kappa shape index (κ3) is 15.6. The second kappa shape index (κ2) is 24.9. The normalized spacial score (nSPS) is 16.2. The Bertz CT molecular complexity index is 2120. The van der Waals surface area contributed by atoms with Crippen LogP contribution < -0.4 is 43.4 Å². The zero-order valence-corrected chi connectivity index (χ0v) is 37.7. The topological polar surface area (TPSA) is 340 Å². The molecule has 0 spiro atoms. The Labute approximate surface area is 383 Å². The number of carbonyl (C=O) groups excluding carboxylic acids is 6. The minimum atomic E-state index is -1.30. The predicted molar refractivity (Wildman–Crippen MR) is 243 cm³/mol. The number of nitrogens with two attached hydrogens (primary N) is 2. The summed E-state index contributed by atoms with van der Waals surface area (Å²) in [7, 11) is 0. The Kier molecular flexibility index (Phi) is 19.4. The highest BCUT2D eigenvalue weighted by Crippen LogP contribution is 2.21. The van der Waals surface area contributed by atoms with Gasteiger partial charge in [-0.3, -0.25) is 34.2 Å². The quantitative estimate of drug-likeness (QED) is 0.0308. The van der Waals surface area contributed by atoms with Crippen LogP contribution in [-0.2, 0) is 52.8 Å². The molecular weight excluding hydrogens is 853 g/mol. The fraction of sp³-hybridized carbons (Fsp3) is 0.489. The van der Waals surface area contributed by atoms with Crippen molar-refractivity contribution in [2.75, 3.05) is 13.1 Å². The third-order valence-corrected chi connectivity index (χ3v) is 11.2. The SMILES string of the molecule is CC(C)[C@H](NC(=O)[C@H](Cc1ccc(O)cc1)NC(=O)[C@@H](NC(=O)[C@@H](N)CCCNC(=N)N)C(C)C)C(=O)N[C@@H](Cc1c[nH]cn1)C(=O)N1CCC[C@H]1C(=O)N[C@@H](Cc1ccccc1)C(=O)O. The largest absolute Gasteiger partial charge is 0.508 e. The molecule has 0 aliphatic carbocycles. The van der Waals surface area contributed by atoms with Gasteiger partial charge in [0.15, 0.2) is 5.96 Å². The monoisotopic (exact) mass is 916 g/mol. The average molecular weight is 917 g/mol. The number of rotatable bonds is 24. The van der Waals surface area contributed by atoms with Crippen molar-refractivity contribution in [1.82, 2.24) is 46.8 Å². The lowest BCUT2D eigenvalue weighted by atomic mass is 9.98. The van der Waals surface area contributed by atoms with Crippen LogP contribution in [-0.4, -0.2) is 128 Å². The predicted octanol–water partition coefficient (Wildman–Crippen LogP) is -0.455.